The molecule has 0 spiro atoms. The minimum atomic E-state index is -0.981. The van der Waals surface area contributed by atoms with E-state index in [1.165, 1.54) is 17.5 Å². The van der Waals surface area contributed by atoms with Crippen LogP contribution in [0.5, 0.6) is 0 Å². The van der Waals surface area contributed by atoms with Gasteiger partial charge in [-0.2, -0.15) is 0 Å². The summed E-state index contributed by atoms with van der Waals surface area (Å²) < 4.78 is 0. The van der Waals surface area contributed by atoms with Crippen LogP contribution in [0.2, 0.25) is 0 Å². The lowest BCUT2D eigenvalue weighted by Crippen LogP contribution is -2.15. The summed E-state index contributed by atoms with van der Waals surface area (Å²) in [7, 11) is 0. The van der Waals surface area contributed by atoms with E-state index in [1.807, 2.05) is 0 Å². The molecule has 0 aromatic carbocycles. The van der Waals surface area contributed by atoms with Gasteiger partial charge in [0.2, 0.25) is 0 Å². The van der Waals surface area contributed by atoms with Gasteiger partial charge < -0.3 is 10.4 Å². The average Bonchev–Trinajstić information content (AvgIpc) is 2.86. The summed E-state index contributed by atoms with van der Waals surface area (Å²) in [6.07, 6.45) is 5.26. The van der Waals surface area contributed by atoms with Crippen LogP contribution in [0.3, 0.4) is 0 Å². The molecular weight excluding hydrogens is 288 g/mol. The van der Waals surface area contributed by atoms with E-state index in [1.54, 1.807) is 18.2 Å². The Kier molecular flexibility index (Phi) is 3.70. The number of carbonyl (C=O) groups excluding carboxylic acids is 1. The lowest BCUT2D eigenvalue weighted by atomic mass is 9.95. The number of aromatic nitrogens is 1. The molecule has 2 aromatic heterocycles. The van der Waals surface area contributed by atoms with E-state index < -0.39 is 5.97 Å². The maximum Gasteiger partial charge on any atom is 0.339 e. The first-order chi connectivity index (χ1) is 10.2. The zero-order valence-corrected chi connectivity index (χ0v) is 12.1. The highest BCUT2D eigenvalue weighted by Gasteiger charge is 2.26. The number of anilines is 1. The summed E-state index contributed by atoms with van der Waals surface area (Å²) in [4.78, 5) is 28.7. The highest BCUT2D eigenvalue weighted by Crippen LogP contribution is 2.38. The smallest absolute Gasteiger partial charge is 0.339 e. The second-order valence-corrected chi connectivity index (χ2v) is 5.99. The first-order valence-corrected chi connectivity index (χ1v) is 7.58. The van der Waals surface area contributed by atoms with Crippen molar-refractivity contribution in [1.29, 1.82) is 0 Å². The van der Waals surface area contributed by atoms with E-state index in [4.69, 9.17) is 0 Å². The van der Waals surface area contributed by atoms with Gasteiger partial charge >= 0.3 is 5.97 Å². The van der Waals surface area contributed by atoms with Crippen molar-refractivity contribution < 1.29 is 14.7 Å². The lowest BCUT2D eigenvalue weighted by Gasteiger charge is -2.10. The number of amides is 1. The molecule has 0 saturated carbocycles. The standard InChI is InChI=1S/C15H14N2O3S/c18-13(10-6-3-4-8-16-10)17-14-12(15(19)20)9-5-1-2-7-11(9)21-14/h3-4,6,8H,1-2,5,7H2,(H,17,18)(H,19,20). The van der Waals surface area contributed by atoms with E-state index in [0.29, 0.717) is 5.00 Å². The van der Waals surface area contributed by atoms with Crippen LogP contribution < -0.4 is 5.32 Å². The molecule has 0 bridgehead atoms. The number of nitrogens with zero attached hydrogens (tertiary/aromatic N) is 1. The highest BCUT2D eigenvalue weighted by molar-refractivity contribution is 7.17. The topological polar surface area (TPSA) is 79.3 Å². The fraction of sp³-hybridized carbons (Fsp3) is 0.267. The zero-order valence-electron chi connectivity index (χ0n) is 11.3. The number of fused-ring (bicyclic) bond motifs is 1. The third-order valence-electron chi connectivity index (χ3n) is 3.51. The van der Waals surface area contributed by atoms with Crippen molar-refractivity contribution in [1.82, 2.24) is 4.98 Å². The van der Waals surface area contributed by atoms with Crippen molar-refractivity contribution >= 4 is 28.2 Å². The first-order valence-electron chi connectivity index (χ1n) is 6.77. The molecule has 0 atom stereocenters. The summed E-state index contributed by atoms with van der Waals surface area (Å²) in [5.74, 6) is -1.36. The average molecular weight is 302 g/mol. The van der Waals surface area contributed by atoms with Crippen LogP contribution in [-0.4, -0.2) is 22.0 Å². The van der Waals surface area contributed by atoms with Crippen molar-refractivity contribution in [3.63, 3.8) is 0 Å². The Balaban J connectivity index is 1.94. The Morgan fingerprint density at radius 2 is 2.05 bits per heavy atom. The number of aryl methyl sites for hydroxylation is 1. The number of rotatable bonds is 3. The van der Waals surface area contributed by atoms with E-state index in [-0.39, 0.29) is 17.2 Å². The number of aromatic carboxylic acids is 1. The highest BCUT2D eigenvalue weighted by atomic mass is 32.1. The number of hydrogen-bond acceptors (Lipinski definition) is 4. The maximum atomic E-state index is 12.1. The molecule has 1 amide bonds. The predicted octanol–water partition coefficient (Wildman–Crippen LogP) is 2.97. The van der Waals surface area contributed by atoms with Gasteiger partial charge in [0.1, 0.15) is 10.7 Å². The van der Waals surface area contributed by atoms with Crippen molar-refractivity contribution in [2.45, 2.75) is 25.7 Å². The minimum absolute atomic E-state index is 0.249. The third-order valence-corrected chi connectivity index (χ3v) is 4.72. The number of thiophene rings is 1. The van der Waals surface area contributed by atoms with Gasteiger partial charge in [0, 0.05) is 11.1 Å². The van der Waals surface area contributed by atoms with E-state index in [9.17, 15) is 14.7 Å². The summed E-state index contributed by atoms with van der Waals surface area (Å²) in [5.41, 5.74) is 1.41. The van der Waals surface area contributed by atoms with Crippen LogP contribution >= 0.6 is 11.3 Å². The van der Waals surface area contributed by atoms with Crippen LogP contribution in [0.25, 0.3) is 0 Å². The molecule has 2 aromatic rings. The summed E-state index contributed by atoms with van der Waals surface area (Å²) >= 11 is 1.37. The quantitative estimate of drug-likeness (QED) is 0.913. The molecule has 0 radical (unpaired) electrons. The lowest BCUT2D eigenvalue weighted by molar-refractivity contribution is 0.0697. The summed E-state index contributed by atoms with van der Waals surface area (Å²) in [6.45, 7) is 0. The zero-order chi connectivity index (χ0) is 14.8. The molecule has 1 aliphatic rings. The van der Waals surface area contributed by atoms with Gasteiger partial charge in [-0.15, -0.1) is 11.3 Å². The molecule has 0 saturated heterocycles. The number of carboxylic acids is 1. The molecule has 108 valence electrons. The monoisotopic (exact) mass is 302 g/mol. The maximum absolute atomic E-state index is 12.1. The molecule has 2 heterocycles. The molecule has 0 aliphatic heterocycles. The van der Waals surface area contributed by atoms with Crippen molar-refractivity contribution in [2.75, 3.05) is 5.32 Å². The van der Waals surface area contributed by atoms with Crippen LogP contribution in [0, 0.1) is 0 Å². The number of hydrogen-bond donors (Lipinski definition) is 2. The van der Waals surface area contributed by atoms with Crippen molar-refractivity contribution in [3.8, 4) is 0 Å². The normalized spacial score (nSPS) is 13.5. The second-order valence-electron chi connectivity index (χ2n) is 4.89. The van der Waals surface area contributed by atoms with E-state index >= 15 is 0 Å². The fourth-order valence-electron chi connectivity index (χ4n) is 2.54. The molecule has 0 fully saturated rings. The number of nitrogens with one attached hydrogen (secondary N) is 1. The molecule has 2 N–H and O–H groups in total. The largest absolute Gasteiger partial charge is 0.478 e. The van der Waals surface area contributed by atoms with Crippen LogP contribution in [0.15, 0.2) is 24.4 Å². The van der Waals surface area contributed by atoms with Gasteiger partial charge in [0.25, 0.3) is 5.91 Å². The number of pyridine rings is 1. The van der Waals surface area contributed by atoms with Gasteiger partial charge in [-0.25, -0.2) is 4.79 Å². The van der Waals surface area contributed by atoms with Gasteiger partial charge in [-0.3, -0.25) is 9.78 Å². The molecular formula is C15H14N2O3S. The summed E-state index contributed by atoms with van der Waals surface area (Å²) in [6, 6.07) is 5.05. The molecule has 5 nitrogen and oxygen atoms in total. The Morgan fingerprint density at radius 3 is 2.76 bits per heavy atom. The third kappa shape index (κ3) is 2.67. The Hall–Kier alpha value is -2.21. The van der Waals surface area contributed by atoms with Crippen molar-refractivity contribution in [2.24, 2.45) is 0 Å². The fourth-order valence-corrected chi connectivity index (χ4v) is 3.82. The molecule has 1 aliphatic carbocycles. The predicted molar refractivity (Wildman–Crippen MR) is 80.1 cm³/mol. The van der Waals surface area contributed by atoms with E-state index in [2.05, 4.69) is 10.3 Å². The Morgan fingerprint density at radius 1 is 1.24 bits per heavy atom. The van der Waals surface area contributed by atoms with Gasteiger partial charge in [0.05, 0.1) is 5.56 Å². The van der Waals surface area contributed by atoms with Crippen LogP contribution in [0.1, 0.15) is 44.1 Å². The van der Waals surface area contributed by atoms with Crippen molar-refractivity contribution in [3.05, 3.63) is 46.1 Å². The Labute approximate surface area is 125 Å². The van der Waals surface area contributed by atoms with Gasteiger partial charge in [-0.05, 0) is 43.4 Å². The molecule has 3 rings (SSSR count). The Bertz CT molecular complexity index is 694. The number of carbonyl (C=O) groups is 2. The van der Waals surface area contributed by atoms with Gasteiger partial charge in [0.15, 0.2) is 0 Å². The van der Waals surface area contributed by atoms with Crippen LogP contribution in [0.4, 0.5) is 5.00 Å². The number of carboxylic acid groups (broad SMARTS) is 1. The summed E-state index contributed by atoms with van der Waals surface area (Å²) in [5, 5.41) is 12.6. The SMILES string of the molecule is O=C(Nc1sc2c(c1C(=O)O)CCCC2)c1ccccn1. The minimum Gasteiger partial charge on any atom is -0.478 e. The first kappa shape index (κ1) is 13.8. The van der Waals surface area contributed by atoms with Crippen LogP contribution in [-0.2, 0) is 12.8 Å². The molecule has 6 heteroatoms. The molecule has 21 heavy (non-hydrogen) atoms. The molecule has 0 unspecified atom stereocenters. The van der Waals surface area contributed by atoms with Gasteiger partial charge in [-0.1, -0.05) is 6.07 Å². The van der Waals surface area contributed by atoms with E-state index in [0.717, 1.165) is 36.1 Å². The second kappa shape index (κ2) is 5.65.